The zero-order chi connectivity index (χ0) is 18.6. The van der Waals surface area contributed by atoms with Crippen LogP contribution in [0.4, 0.5) is 0 Å². The van der Waals surface area contributed by atoms with Crippen molar-refractivity contribution >= 4 is 5.91 Å². The number of hydrogen-bond donors (Lipinski definition) is 1. The summed E-state index contributed by atoms with van der Waals surface area (Å²) >= 11 is 0. The van der Waals surface area contributed by atoms with E-state index >= 15 is 0 Å². The van der Waals surface area contributed by atoms with Crippen LogP contribution in [0.15, 0.2) is 42.5 Å². The van der Waals surface area contributed by atoms with Crippen molar-refractivity contribution in [1.82, 2.24) is 5.32 Å². The predicted octanol–water partition coefficient (Wildman–Crippen LogP) is 4.03. The lowest BCUT2D eigenvalue weighted by molar-refractivity contribution is -0.121. The van der Waals surface area contributed by atoms with Crippen LogP contribution in [0.5, 0.6) is 5.75 Å². The zero-order valence-corrected chi connectivity index (χ0v) is 15.8. The summed E-state index contributed by atoms with van der Waals surface area (Å²) in [5, 5.41) is 3.24. The fourth-order valence-electron chi connectivity index (χ4n) is 4.58. The number of aryl methyl sites for hydroxylation is 1. The molecule has 1 amide bonds. The zero-order valence-electron chi connectivity index (χ0n) is 15.8. The number of nitrogens with one attached hydrogen (secondary N) is 1. The van der Waals surface area contributed by atoms with Gasteiger partial charge < -0.3 is 14.8 Å². The summed E-state index contributed by atoms with van der Waals surface area (Å²) in [7, 11) is 0. The van der Waals surface area contributed by atoms with Crippen LogP contribution in [0.2, 0.25) is 0 Å². The number of rotatable bonds is 3. The van der Waals surface area contributed by atoms with Crippen molar-refractivity contribution in [2.45, 2.75) is 63.4 Å². The third kappa shape index (κ3) is 3.02. The van der Waals surface area contributed by atoms with Crippen molar-refractivity contribution in [2.75, 3.05) is 0 Å². The Labute approximate surface area is 159 Å². The molecule has 0 radical (unpaired) electrons. The molecule has 27 heavy (non-hydrogen) atoms. The van der Waals surface area contributed by atoms with Gasteiger partial charge in [-0.2, -0.15) is 0 Å². The summed E-state index contributed by atoms with van der Waals surface area (Å²) in [5.74, 6) is 0.950. The molecule has 140 valence electrons. The molecule has 2 aromatic rings. The van der Waals surface area contributed by atoms with Gasteiger partial charge in [0.2, 0.25) is 5.91 Å². The molecular weight excluding hydrogens is 338 g/mol. The van der Waals surface area contributed by atoms with Gasteiger partial charge in [-0.05, 0) is 61.9 Å². The molecule has 2 heterocycles. The maximum Gasteiger partial charge on any atom is 0.224 e. The molecule has 3 atom stereocenters. The van der Waals surface area contributed by atoms with Crippen LogP contribution in [-0.4, -0.2) is 17.6 Å². The van der Waals surface area contributed by atoms with Gasteiger partial charge in [-0.15, -0.1) is 0 Å². The molecule has 4 heteroatoms. The fourth-order valence-corrected chi connectivity index (χ4v) is 4.58. The van der Waals surface area contributed by atoms with Gasteiger partial charge in [0.05, 0.1) is 12.5 Å². The summed E-state index contributed by atoms with van der Waals surface area (Å²) in [4.78, 5) is 12.7. The van der Waals surface area contributed by atoms with E-state index < -0.39 is 0 Å². The Morgan fingerprint density at radius 1 is 1.19 bits per heavy atom. The molecule has 0 saturated carbocycles. The lowest BCUT2D eigenvalue weighted by Gasteiger charge is -2.29. The van der Waals surface area contributed by atoms with Gasteiger partial charge in [-0.25, -0.2) is 0 Å². The van der Waals surface area contributed by atoms with Crippen molar-refractivity contribution in [1.29, 1.82) is 0 Å². The second-order valence-corrected chi connectivity index (χ2v) is 8.44. The number of amides is 1. The Morgan fingerprint density at radius 2 is 2.04 bits per heavy atom. The lowest BCUT2D eigenvalue weighted by atomic mass is 9.87. The minimum atomic E-state index is -0.287. The first kappa shape index (κ1) is 16.8. The molecule has 1 fully saturated rings. The molecule has 0 bridgehead atoms. The first-order chi connectivity index (χ1) is 13.0. The Bertz CT molecular complexity index is 904. The van der Waals surface area contributed by atoms with Crippen molar-refractivity contribution in [3.05, 3.63) is 64.7 Å². The molecule has 0 aromatic heterocycles. The number of carbonyl (C=O) groups excluding carboxylic acids is 1. The van der Waals surface area contributed by atoms with Gasteiger partial charge in [0.15, 0.2) is 0 Å². The van der Waals surface area contributed by atoms with Crippen LogP contribution in [0, 0.1) is 0 Å². The second-order valence-electron chi connectivity index (χ2n) is 8.44. The molecule has 0 spiro atoms. The summed E-state index contributed by atoms with van der Waals surface area (Å²) in [6.07, 6.45) is 3.84. The van der Waals surface area contributed by atoms with E-state index in [2.05, 4.69) is 49.5 Å². The number of fused-ring (bicyclic) bond motifs is 4. The molecule has 1 aliphatic carbocycles. The van der Waals surface area contributed by atoms with E-state index in [9.17, 15) is 4.79 Å². The van der Waals surface area contributed by atoms with Crippen LogP contribution < -0.4 is 10.1 Å². The van der Waals surface area contributed by atoms with Gasteiger partial charge in [-0.1, -0.05) is 30.3 Å². The van der Waals surface area contributed by atoms with E-state index in [-0.39, 0.29) is 29.8 Å². The van der Waals surface area contributed by atoms with E-state index in [1.165, 1.54) is 11.1 Å². The standard InChI is InChI=1S/C23H25NO3/c1-23(2)22-21(26-22)17-12-14(10-11-19(17)27-23)13-20(25)24-18-9-5-7-15-6-3-4-8-16(15)18/h3-4,6,8,10-12,18,21-22H,5,7,9,13H2,1-2H3,(H,24,25). The van der Waals surface area contributed by atoms with Crippen LogP contribution >= 0.6 is 0 Å². The first-order valence-electron chi connectivity index (χ1n) is 9.86. The molecule has 2 aliphatic heterocycles. The molecular formula is C23H25NO3. The molecule has 3 aliphatic rings. The Kier molecular flexibility index (Phi) is 3.80. The summed E-state index contributed by atoms with van der Waals surface area (Å²) in [5.41, 5.74) is 4.43. The van der Waals surface area contributed by atoms with Gasteiger partial charge in [0.25, 0.3) is 0 Å². The first-order valence-corrected chi connectivity index (χ1v) is 9.86. The van der Waals surface area contributed by atoms with E-state index in [4.69, 9.17) is 9.47 Å². The topological polar surface area (TPSA) is 50.9 Å². The number of hydrogen-bond acceptors (Lipinski definition) is 3. The summed E-state index contributed by atoms with van der Waals surface area (Å²) in [6.45, 7) is 4.12. The average molecular weight is 363 g/mol. The second kappa shape index (κ2) is 6.10. The smallest absolute Gasteiger partial charge is 0.224 e. The van der Waals surface area contributed by atoms with Crippen molar-refractivity contribution in [3.8, 4) is 5.75 Å². The largest absolute Gasteiger partial charge is 0.485 e. The highest BCUT2D eigenvalue weighted by atomic mass is 16.6. The maximum atomic E-state index is 12.7. The number of epoxide rings is 1. The number of carbonyl (C=O) groups is 1. The maximum absolute atomic E-state index is 12.7. The van der Waals surface area contributed by atoms with Crippen LogP contribution in [0.25, 0.3) is 0 Å². The SMILES string of the molecule is CC1(C)Oc2ccc(CC(=O)NC3CCCc4ccccc43)cc2C2OC21. The Balaban J connectivity index is 1.30. The molecule has 1 saturated heterocycles. The van der Waals surface area contributed by atoms with E-state index in [1.807, 2.05) is 12.1 Å². The fraction of sp³-hybridized carbons (Fsp3) is 0.435. The van der Waals surface area contributed by atoms with Gasteiger partial charge in [0, 0.05) is 5.56 Å². The van der Waals surface area contributed by atoms with Gasteiger partial charge in [0.1, 0.15) is 23.6 Å². The van der Waals surface area contributed by atoms with Crippen molar-refractivity contribution in [3.63, 3.8) is 0 Å². The molecule has 2 aromatic carbocycles. The summed E-state index contributed by atoms with van der Waals surface area (Å²) < 4.78 is 11.9. The molecule has 4 nitrogen and oxygen atoms in total. The van der Waals surface area contributed by atoms with Crippen molar-refractivity contribution in [2.24, 2.45) is 0 Å². The van der Waals surface area contributed by atoms with Crippen LogP contribution in [-0.2, 0) is 22.4 Å². The average Bonchev–Trinajstić information content (AvgIpc) is 3.45. The van der Waals surface area contributed by atoms with Crippen LogP contribution in [0.3, 0.4) is 0 Å². The van der Waals surface area contributed by atoms with E-state index in [0.29, 0.717) is 6.42 Å². The Hall–Kier alpha value is -2.33. The quantitative estimate of drug-likeness (QED) is 0.838. The predicted molar refractivity (Wildman–Crippen MR) is 103 cm³/mol. The highest BCUT2D eigenvalue weighted by Crippen LogP contribution is 2.53. The number of ether oxygens (including phenoxy) is 2. The minimum Gasteiger partial charge on any atom is -0.485 e. The normalized spacial score (nSPS) is 26.8. The minimum absolute atomic E-state index is 0.0713. The van der Waals surface area contributed by atoms with E-state index in [0.717, 1.165) is 36.1 Å². The highest BCUT2D eigenvalue weighted by Gasteiger charge is 2.56. The third-order valence-electron chi connectivity index (χ3n) is 6.00. The number of benzene rings is 2. The molecule has 1 N–H and O–H groups in total. The van der Waals surface area contributed by atoms with Crippen LogP contribution in [0.1, 0.15) is 61.1 Å². The van der Waals surface area contributed by atoms with Gasteiger partial charge in [-0.3, -0.25) is 4.79 Å². The highest BCUT2D eigenvalue weighted by molar-refractivity contribution is 5.79. The Morgan fingerprint density at radius 3 is 2.93 bits per heavy atom. The summed E-state index contributed by atoms with van der Waals surface area (Å²) in [6, 6.07) is 14.6. The van der Waals surface area contributed by atoms with E-state index in [1.54, 1.807) is 0 Å². The van der Waals surface area contributed by atoms with Crippen molar-refractivity contribution < 1.29 is 14.3 Å². The molecule has 5 rings (SSSR count). The third-order valence-corrected chi connectivity index (χ3v) is 6.00. The van der Waals surface area contributed by atoms with Gasteiger partial charge >= 0.3 is 0 Å². The monoisotopic (exact) mass is 363 g/mol. The molecule has 3 unspecified atom stereocenters. The lowest BCUT2D eigenvalue weighted by Crippen LogP contribution is -2.37.